The van der Waals surface area contributed by atoms with Crippen LogP contribution in [0.5, 0.6) is 0 Å². The van der Waals surface area contributed by atoms with Crippen LogP contribution in [0.2, 0.25) is 0 Å². The molecule has 8 heteroatoms. The zero-order valence-corrected chi connectivity index (χ0v) is 17.3. The van der Waals surface area contributed by atoms with Crippen molar-refractivity contribution in [2.24, 2.45) is 5.73 Å². The monoisotopic (exact) mass is 421 g/mol. The highest BCUT2D eigenvalue weighted by Crippen LogP contribution is 2.40. The molecule has 3 N–H and O–H groups in total. The van der Waals surface area contributed by atoms with Crippen molar-refractivity contribution in [3.05, 3.63) is 71.5 Å². The van der Waals surface area contributed by atoms with Gasteiger partial charge in [-0.05, 0) is 42.7 Å². The Labute approximate surface area is 179 Å². The van der Waals surface area contributed by atoms with E-state index in [4.69, 9.17) is 5.73 Å². The number of nitrogens with two attached hydrogens (primary N) is 1. The summed E-state index contributed by atoms with van der Waals surface area (Å²) in [7, 11) is 0. The van der Waals surface area contributed by atoms with Gasteiger partial charge in [-0.25, -0.2) is 0 Å². The first-order valence-electron chi connectivity index (χ1n) is 9.89. The molecule has 1 fully saturated rings. The van der Waals surface area contributed by atoms with Gasteiger partial charge in [-0.3, -0.25) is 9.59 Å². The highest BCUT2D eigenvalue weighted by atomic mass is 32.2. The lowest BCUT2D eigenvalue weighted by molar-refractivity contribution is -0.118. The topological polar surface area (TPSA) is 103 Å². The van der Waals surface area contributed by atoms with E-state index in [1.807, 2.05) is 59.2 Å². The largest absolute Gasteiger partial charge is 0.370 e. The van der Waals surface area contributed by atoms with Crippen LogP contribution in [0.25, 0.3) is 0 Å². The molecular weight excluding hydrogens is 398 g/mol. The lowest BCUT2D eigenvalue weighted by Gasteiger charge is -2.09. The number of aromatic nitrogens is 3. The third-order valence-corrected chi connectivity index (χ3v) is 5.92. The van der Waals surface area contributed by atoms with E-state index in [0.29, 0.717) is 23.8 Å². The van der Waals surface area contributed by atoms with Crippen molar-refractivity contribution in [3.8, 4) is 0 Å². The fourth-order valence-electron chi connectivity index (χ4n) is 3.11. The van der Waals surface area contributed by atoms with Crippen LogP contribution < -0.4 is 11.1 Å². The van der Waals surface area contributed by atoms with E-state index in [9.17, 15) is 9.59 Å². The maximum Gasteiger partial charge on any atom is 0.255 e. The number of thioether (sulfide) groups is 1. The van der Waals surface area contributed by atoms with Crippen LogP contribution in [0, 0.1) is 0 Å². The Hall–Kier alpha value is -3.13. The highest BCUT2D eigenvalue weighted by molar-refractivity contribution is 7.98. The first-order valence-corrected chi connectivity index (χ1v) is 10.9. The van der Waals surface area contributed by atoms with Gasteiger partial charge in [0.2, 0.25) is 5.91 Å². The van der Waals surface area contributed by atoms with E-state index in [1.54, 1.807) is 11.8 Å². The summed E-state index contributed by atoms with van der Waals surface area (Å²) in [5.74, 6) is 1.63. The molecule has 3 aromatic rings. The molecule has 1 aliphatic carbocycles. The number of benzene rings is 2. The van der Waals surface area contributed by atoms with Gasteiger partial charge >= 0.3 is 0 Å². The van der Waals surface area contributed by atoms with Crippen LogP contribution in [0.3, 0.4) is 0 Å². The Morgan fingerprint density at radius 2 is 1.80 bits per heavy atom. The first-order chi connectivity index (χ1) is 14.6. The molecule has 7 nitrogen and oxygen atoms in total. The highest BCUT2D eigenvalue weighted by Gasteiger charge is 2.30. The number of rotatable bonds is 9. The summed E-state index contributed by atoms with van der Waals surface area (Å²) >= 11 is 1.57. The van der Waals surface area contributed by atoms with Gasteiger partial charge in [-0.2, -0.15) is 0 Å². The molecule has 2 amide bonds. The Morgan fingerprint density at radius 3 is 2.47 bits per heavy atom. The molecular formula is C22H23N5O2S. The van der Waals surface area contributed by atoms with E-state index in [-0.39, 0.29) is 18.2 Å². The summed E-state index contributed by atoms with van der Waals surface area (Å²) in [6.45, 7) is 0.509. The van der Waals surface area contributed by atoms with Gasteiger partial charge < -0.3 is 15.6 Å². The molecule has 0 radical (unpaired) electrons. The fraction of sp³-hybridized carbons (Fsp3) is 0.273. The van der Waals surface area contributed by atoms with Crippen molar-refractivity contribution in [2.45, 2.75) is 42.6 Å². The van der Waals surface area contributed by atoms with Gasteiger partial charge in [-0.1, -0.05) is 42.1 Å². The number of hydrogen-bond donors (Lipinski definition) is 2. The summed E-state index contributed by atoms with van der Waals surface area (Å²) in [5.41, 5.74) is 7.77. The van der Waals surface area contributed by atoms with Crippen molar-refractivity contribution in [2.75, 3.05) is 5.32 Å². The molecule has 0 bridgehead atoms. The van der Waals surface area contributed by atoms with Crippen LogP contribution in [-0.2, 0) is 17.1 Å². The number of anilines is 1. The average molecular weight is 422 g/mol. The van der Waals surface area contributed by atoms with E-state index in [0.717, 1.165) is 35.1 Å². The third-order valence-electron chi connectivity index (χ3n) is 4.89. The normalized spacial score (nSPS) is 13.2. The number of nitrogens with one attached hydrogen (secondary N) is 1. The maximum absolute atomic E-state index is 12.4. The SMILES string of the molecule is NC(=O)CCn1c(SCc2ccc(C(=O)Nc3ccccc3)cc2)nnc1C1CC1. The molecule has 2 aromatic carbocycles. The van der Waals surface area contributed by atoms with Gasteiger partial charge in [0, 0.05) is 35.9 Å². The third kappa shape index (κ3) is 5.07. The van der Waals surface area contributed by atoms with Gasteiger partial charge in [0.25, 0.3) is 5.91 Å². The summed E-state index contributed by atoms with van der Waals surface area (Å²) in [4.78, 5) is 23.6. The van der Waals surface area contributed by atoms with E-state index in [1.165, 1.54) is 0 Å². The molecule has 154 valence electrons. The smallest absolute Gasteiger partial charge is 0.255 e. The Kier molecular flexibility index (Phi) is 6.13. The predicted octanol–water partition coefficient (Wildman–Crippen LogP) is 3.58. The average Bonchev–Trinajstić information content (AvgIpc) is 3.52. The summed E-state index contributed by atoms with van der Waals surface area (Å²) in [5, 5.41) is 12.3. The number of primary amides is 1. The zero-order chi connectivity index (χ0) is 20.9. The first kappa shape index (κ1) is 20.2. The summed E-state index contributed by atoms with van der Waals surface area (Å²) < 4.78 is 2.02. The quantitative estimate of drug-likeness (QED) is 0.514. The minimum Gasteiger partial charge on any atom is -0.370 e. The molecule has 1 aliphatic rings. The second-order valence-corrected chi connectivity index (χ2v) is 8.23. The van der Waals surface area contributed by atoms with Crippen molar-refractivity contribution < 1.29 is 9.59 Å². The van der Waals surface area contributed by atoms with Crippen LogP contribution in [-0.4, -0.2) is 26.6 Å². The van der Waals surface area contributed by atoms with E-state index >= 15 is 0 Å². The number of carbonyl (C=O) groups is 2. The summed E-state index contributed by atoms with van der Waals surface area (Å²) in [6, 6.07) is 16.9. The summed E-state index contributed by atoms with van der Waals surface area (Å²) in [6.07, 6.45) is 2.51. The van der Waals surface area contributed by atoms with Crippen molar-refractivity contribution in [1.82, 2.24) is 14.8 Å². The number of nitrogens with zero attached hydrogens (tertiary/aromatic N) is 3. The minimum atomic E-state index is -0.328. The molecule has 4 rings (SSSR count). The molecule has 0 spiro atoms. The molecule has 0 atom stereocenters. The zero-order valence-electron chi connectivity index (χ0n) is 16.5. The second kappa shape index (κ2) is 9.13. The van der Waals surface area contributed by atoms with Crippen LogP contribution in [0.15, 0.2) is 59.8 Å². The number of para-hydroxylation sites is 1. The Morgan fingerprint density at radius 1 is 1.07 bits per heavy atom. The van der Waals surface area contributed by atoms with Crippen molar-refractivity contribution in [3.63, 3.8) is 0 Å². The number of carbonyl (C=O) groups excluding carboxylic acids is 2. The van der Waals surface area contributed by atoms with Gasteiger partial charge in [0.05, 0.1) is 0 Å². The molecule has 0 unspecified atom stereocenters. The predicted molar refractivity (Wildman–Crippen MR) is 116 cm³/mol. The van der Waals surface area contributed by atoms with Crippen LogP contribution >= 0.6 is 11.8 Å². The second-order valence-electron chi connectivity index (χ2n) is 7.29. The molecule has 1 saturated carbocycles. The lowest BCUT2D eigenvalue weighted by atomic mass is 10.1. The van der Waals surface area contributed by atoms with Crippen LogP contribution in [0.1, 0.15) is 46.9 Å². The van der Waals surface area contributed by atoms with Gasteiger partial charge in [0.1, 0.15) is 5.82 Å². The molecule has 1 aromatic heterocycles. The lowest BCUT2D eigenvalue weighted by Crippen LogP contribution is -2.15. The van der Waals surface area contributed by atoms with Gasteiger partial charge in [-0.15, -0.1) is 10.2 Å². The maximum atomic E-state index is 12.4. The Bertz CT molecular complexity index is 1030. The van der Waals surface area contributed by atoms with E-state index in [2.05, 4.69) is 15.5 Å². The molecule has 1 heterocycles. The van der Waals surface area contributed by atoms with Crippen molar-refractivity contribution >= 4 is 29.3 Å². The van der Waals surface area contributed by atoms with Gasteiger partial charge in [0.15, 0.2) is 5.16 Å². The van der Waals surface area contributed by atoms with Crippen LogP contribution in [0.4, 0.5) is 5.69 Å². The molecule has 30 heavy (non-hydrogen) atoms. The molecule has 0 aliphatic heterocycles. The standard InChI is InChI=1S/C22H23N5O2S/c23-19(28)12-13-27-20(16-10-11-16)25-26-22(27)30-14-15-6-8-17(9-7-15)21(29)24-18-4-2-1-3-5-18/h1-9,16H,10-14H2,(H2,23,28)(H,24,29). The number of amides is 2. The van der Waals surface area contributed by atoms with E-state index < -0.39 is 0 Å². The number of hydrogen-bond acceptors (Lipinski definition) is 5. The fourth-order valence-corrected chi connectivity index (χ4v) is 4.03. The molecule has 0 saturated heterocycles. The van der Waals surface area contributed by atoms with Crippen molar-refractivity contribution in [1.29, 1.82) is 0 Å². The minimum absolute atomic E-state index is 0.138. The Balaban J connectivity index is 1.38.